The van der Waals surface area contributed by atoms with Crippen LogP contribution in [0.25, 0.3) is 0 Å². The van der Waals surface area contributed by atoms with Crippen LogP contribution in [0.4, 0.5) is 5.69 Å². The third kappa shape index (κ3) is 3.19. The maximum Gasteiger partial charge on any atom is 0.267 e. The van der Waals surface area contributed by atoms with Gasteiger partial charge in [-0.05, 0) is 31.6 Å². The van der Waals surface area contributed by atoms with Gasteiger partial charge in [-0.15, -0.1) is 0 Å². The number of nitrogen functional groups attached to an aromatic ring is 1. The van der Waals surface area contributed by atoms with E-state index in [4.69, 9.17) is 5.73 Å². The fraction of sp³-hybridized carbons (Fsp3) is 0.583. The van der Waals surface area contributed by atoms with Crippen molar-refractivity contribution in [1.29, 1.82) is 0 Å². The van der Waals surface area contributed by atoms with Crippen LogP contribution in [0.2, 0.25) is 0 Å². The number of hydrogen-bond donors (Lipinski definition) is 3. The summed E-state index contributed by atoms with van der Waals surface area (Å²) in [6, 6.07) is 1.97. The maximum absolute atomic E-state index is 11.9. The van der Waals surface area contributed by atoms with Gasteiger partial charge in [-0.2, -0.15) is 11.8 Å². The van der Waals surface area contributed by atoms with Gasteiger partial charge >= 0.3 is 0 Å². The second kappa shape index (κ2) is 5.49. The van der Waals surface area contributed by atoms with Gasteiger partial charge in [0.1, 0.15) is 5.69 Å². The minimum atomic E-state index is -0.0477. The summed E-state index contributed by atoms with van der Waals surface area (Å²) in [4.78, 5) is 14.8. The zero-order valence-corrected chi connectivity index (χ0v) is 10.8. The Morgan fingerprint density at radius 3 is 3.06 bits per heavy atom. The Bertz CT molecular complexity index is 391. The first-order valence-electron chi connectivity index (χ1n) is 5.96. The third-order valence-corrected chi connectivity index (χ3v) is 4.34. The number of carbonyl (C=O) groups excluding carboxylic acids is 1. The number of anilines is 1. The number of aromatic amines is 1. The van der Waals surface area contributed by atoms with E-state index in [1.165, 1.54) is 12.8 Å². The molecule has 2 rings (SSSR count). The highest BCUT2D eigenvalue weighted by molar-refractivity contribution is 7.99. The van der Waals surface area contributed by atoms with Gasteiger partial charge in [0.05, 0.1) is 0 Å². The van der Waals surface area contributed by atoms with Crippen LogP contribution in [0.3, 0.4) is 0 Å². The van der Waals surface area contributed by atoms with Crippen molar-refractivity contribution in [3.63, 3.8) is 0 Å². The molecule has 1 fully saturated rings. The number of rotatable bonds is 3. The van der Waals surface area contributed by atoms with Gasteiger partial charge in [-0.1, -0.05) is 6.42 Å². The molecular weight excluding hydrogens is 234 g/mol. The molecular formula is C12H19N3OS. The standard InChI is InChI=1S/C12H19N3OS/c1-17-10-4-2-3-9(6-10)15-12(16)11-5-8(13)7-14-11/h5,7,9-10,14H,2-4,6,13H2,1H3,(H,15,16). The molecule has 0 bridgehead atoms. The first-order valence-corrected chi connectivity index (χ1v) is 7.25. The van der Waals surface area contributed by atoms with Gasteiger partial charge in [0.2, 0.25) is 0 Å². The highest BCUT2D eigenvalue weighted by Gasteiger charge is 2.23. The number of nitrogens with one attached hydrogen (secondary N) is 2. The van der Waals surface area contributed by atoms with Gasteiger partial charge in [0.15, 0.2) is 0 Å². The molecule has 0 saturated heterocycles. The Hall–Kier alpha value is -1.10. The lowest BCUT2D eigenvalue weighted by molar-refractivity contribution is 0.0924. The minimum absolute atomic E-state index is 0.0477. The van der Waals surface area contributed by atoms with Crippen molar-refractivity contribution >= 4 is 23.4 Å². The Morgan fingerprint density at radius 1 is 1.59 bits per heavy atom. The van der Waals surface area contributed by atoms with E-state index in [9.17, 15) is 4.79 Å². The monoisotopic (exact) mass is 253 g/mol. The summed E-state index contributed by atoms with van der Waals surface area (Å²) in [5.74, 6) is -0.0477. The van der Waals surface area contributed by atoms with Crippen LogP contribution in [-0.2, 0) is 0 Å². The number of amides is 1. The average molecular weight is 253 g/mol. The normalized spacial score (nSPS) is 24.5. The fourth-order valence-corrected chi connectivity index (χ4v) is 3.12. The predicted octanol–water partition coefficient (Wildman–Crippen LogP) is 2.00. The summed E-state index contributed by atoms with van der Waals surface area (Å²) in [6.07, 6.45) is 8.40. The molecule has 0 aliphatic heterocycles. The van der Waals surface area contributed by atoms with Crippen molar-refractivity contribution in [2.75, 3.05) is 12.0 Å². The number of H-pyrrole nitrogens is 1. The minimum Gasteiger partial charge on any atom is -0.397 e. The summed E-state index contributed by atoms with van der Waals surface area (Å²) in [7, 11) is 0. The zero-order valence-electron chi connectivity index (χ0n) is 10.0. The van der Waals surface area contributed by atoms with E-state index in [0.29, 0.717) is 22.7 Å². The van der Waals surface area contributed by atoms with Crippen LogP contribution in [-0.4, -0.2) is 28.4 Å². The molecule has 94 valence electrons. The summed E-state index contributed by atoms with van der Waals surface area (Å²) < 4.78 is 0. The Balaban J connectivity index is 1.90. The molecule has 1 heterocycles. The first kappa shape index (κ1) is 12.4. The number of aromatic nitrogens is 1. The van der Waals surface area contributed by atoms with E-state index >= 15 is 0 Å². The van der Waals surface area contributed by atoms with E-state index < -0.39 is 0 Å². The second-order valence-corrected chi connectivity index (χ2v) is 5.68. The van der Waals surface area contributed by atoms with E-state index in [-0.39, 0.29) is 5.91 Å². The molecule has 1 amide bonds. The molecule has 2 atom stereocenters. The van der Waals surface area contributed by atoms with Crippen LogP contribution in [0.15, 0.2) is 12.3 Å². The second-order valence-electron chi connectivity index (χ2n) is 4.54. The predicted molar refractivity (Wildman–Crippen MR) is 72.2 cm³/mol. The van der Waals surface area contributed by atoms with E-state index in [1.54, 1.807) is 12.3 Å². The Morgan fingerprint density at radius 2 is 2.41 bits per heavy atom. The SMILES string of the molecule is CSC1CCCC(NC(=O)c2cc(N)c[nH]2)C1. The van der Waals surface area contributed by atoms with Crippen molar-refractivity contribution in [3.8, 4) is 0 Å². The lowest BCUT2D eigenvalue weighted by atomic mass is 9.95. The molecule has 1 aliphatic carbocycles. The van der Waals surface area contributed by atoms with E-state index in [2.05, 4.69) is 16.6 Å². The van der Waals surface area contributed by atoms with Crippen LogP contribution < -0.4 is 11.1 Å². The van der Waals surface area contributed by atoms with Gasteiger partial charge in [-0.3, -0.25) is 4.79 Å². The molecule has 5 heteroatoms. The molecule has 1 aromatic heterocycles. The molecule has 1 saturated carbocycles. The van der Waals surface area contributed by atoms with Crippen molar-refractivity contribution in [2.24, 2.45) is 0 Å². The van der Waals surface area contributed by atoms with Crippen LogP contribution >= 0.6 is 11.8 Å². The summed E-state index contributed by atoms with van der Waals surface area (Å²) >= 11 is 1.90. The summed E-state index contributed by atoms with van der Waals surface area (Å²) in [5, 5.41) is 3.76. The molecule has 17 heavy (non-hydrogen) atoms. The molecule has 0 spiro atoms. The van der Waals surface area contributed by atoms with Gasteiger partial charge in [-0.25, -0.2) is 0 Å². The van der Waals surface area contributed by atoms with Crippen LogP contribution in [0.1, 0.15) is 36.2 Å². The Kier molecular flexibility index (Phi) is 3.99. The summed E-state index contributed by atoms with van der Waals surface area (Å²) in [5.41, 5.74) is 6.73. The zero-order chi connectivity index (χ0) is 12.3. The van der Waals surface area contributed by atoms with Gasteiger partial charge in [0.25, 0.3) is 5.91 Å². The van der Waals surface area contributed by atoms with Crippen molar-refractivity contribution in [2.45, 2.75) is 37.0 Å². The van der Waals surface area contributed by atoms with Gasteiger partial charge in [0, 0.05) is 23.2 Å². The molecule has 2 unspecified atom stereocenters. The lowest BCUT2D eigenvalue weighted by Crippen LogP contribution is -2.39. The maximum atomic E-state index is 11.9. The Labute approximate surface area is 106 Å². The first-order chi connectivity index (χ1) is 8.19. The number of nitrogens with two attached hydrogens (primary N) is 1. The summed E-state index contributed by atoms with van der Waals surface area (Å²) in [6.45, 7) is 0. The molecule has 4 N–H and O–H groups in total. The van der Waals surface area contributed by atoms with Gasteiger partial charge < -0.3 is 16.0 Å². The topological polar surface area (TPSA) is 70.9 Å². The van der Waals surface area contributed by atoms with Crippen LogP contribution in [0, 0.1) is 0 Å². The molecule has 4 nitrogen and oxygen atoms in total. The van der Waals surface area contributed by atoms with Crippen molar-refractivity contribution in [3.05, 3.63) is 18.0 Å². The number of hydrogen-bond acceptors (Lipinski definition) is 3. The smallest absolute Gasteiger partial charge is 0.267 e. The van der Waals surface area contributed by atoms with Crippen molar-refractivity contribution < 1.29 is 4.79 Å². The van der Waals surface area contributed by atoms with E-state index in [1.807, 2.05) is 11.8 Å². The molecule has 0 radical (unpaired) electrons. The van der Waals surface area contributed by atoms with Crippen molar-refractivity contribution in [1.82, 2.24) is 10.3 Å². The molecule has 1 aromatic rings. The fourth-order valence-electron chi connectivity index (χ4n) is 2.30. The quantitative estimate of drug-likeness (QED) is 0.771. The van der Waals surface area contributed by atoms with E-state index in [0.717, 1.165) is 12.8 Å². The third-order valence-electron chi connectivity index (χ3n) is 3.24. The molecule has 0 aromatic carbocycles. The average Bonchev–Trinajstić information content (AvgIpc) is 2.76. The number of carbonyl (C=O) groups is 1. The molecule has 1 aliphatic rings. The lowest BCUT2D eigenvalue weighted by Gasteiger charge is -2.28. The largest absolute Gasteiger partial charge is 0.397 e. The van der Waals surface area contributed by atoms with Crippen LogP contribution in [0.5, 0.6) is 0 Å². The highest BCUT2D eigenvalue weighted by atomic mass is 32.2. The number of thioether (sulfide) groups is 1. The highest BCUT2D eigenvalue weighted by Crippen LogP contribution is 2.27.